The van der Waals surface area contributed by atoms with Crippen molar-refractivity contribution < 1.29 is 13.6 Å². The van der Waals surface area contributed by atoms with Gasteiger partial charge in [0.2, 0.25) is 11.9 Å². The van der Waals surface area contributed by atoms with Crippen LogP contribution in [-0.2, 0) is 17.8 Å². The molecular weight excluding hydrogens is 526 g/mol. The van der Waals surface area contributed by atoms with Gasteiger partial charge in [0.05, 0.1) is 11.7 Å². The minimum atomic E-state index is -0.659. The number of nitrogens with zero attached hydrogens (tertiary/aromatic N) is 7. The monoisotopic (exact) mass is 560 g/mol. The number of aryl methyl sites for hydroxylation is 1. The van der Waals surface area contributed by atoms with Crippen LogP contribution in [0.4, 0.5) is 20.5 Å². The zero-order chi connectivity index (χ0) is 29.0. The summed E-state index contributed by atoms with van der Waals surface area (Å²) in [5.41, 5.74) is 3.03. The molecule has 0 unspecified atom stereocenters. The second-order valence-corrected chi connectivity index (χ2v) is 11.6. The smallest absolute Gasteiger partial charge is 0.229 e. The van der Waals surface area contributed by atoms with Crippen LogP contribution in [0.2, 0.25) is 0 Å². The molecule has 4 aromatic rings. The predicted octanol–water partition coefficient (Wildman–Crippen LogP) is 5.02. The molecule has 214 valence electrons. The van der Waals surface area contributed by atoms with Crippen LogP contribution in [0.5, 0.6) is 0 Å². The number of anilines is 2. The summed E-state index contributed by atoms with van der Waals surface area (Å²) in [6, 6.07) is 7.26. The van der Waals surface area contributed by atoms with Gasteiger partial charge in [0.15, 0.2) is 11.6 Å². The number of imidazole rings is 1. The Hall–Kier alpha value is -3.99. The Morgan fingerprint density at radius 3 is 2.61 bits per heavy atom. The van der Waals surface area contributed by atoms with Crippen LogP contribution < -0.4 is 5.32 Å². The van der Waals surface area contributed by atoms with E-state index in [1.807, 2.05) is 36.3 Å². The highest BCUT2D eigenvalue weighted by Crippen LogP contribution is 2.34. The maximum atomic E-state index is 15.0. The Bertz CT molecular complexity index is 1640. The average molecular weight is 561 g/mol. The highest BCUT2D eigenvalue weighted by molar-refractivity contribution is 5.83. The minimum absolute atomic E-state index is 0.0166. The molecule has 1 N–H and O–H groups in total. The quantitative estimate of drug-likeness (QED) is 0.354. The van der Waals surface area contributed by atoms with Crippen molar-refractivity contribution in [3.8, 4) is 11.3 Å². The van der Waals surface area contributed by atoms with Crippen LogP contribution in [0.15, 0.2) is 30.5 Å². The van der Waals surface area contributed by atoms with E-state index >= 15 is 4.39 Å². The van der Waals surface area contributed by atoms with Gasteiger partial charge in [-0.3, -0.25) is 4.79 Å². The lowest BCUT2D eigenvalue weighted by molar-refractivity contribution is -0.141. The van der Waals surface area contributed by atoms with E-state index in [0.717, 1.165) is 30.3 Å². The van der Waals surface area contributed by atoms with E-state index in [2.05, 4.69) is 39.3 Å². The summed E-state index contributed by atoms with van der Waals surface area (Å²) in [7, 11) is 4.11. The molecule has 1 aromatic carbocycles. The lowest BCUT2D eigenvalue weighted by Crippen LogP contribution is -2.49. The first-order chi connectivity index (χ1) is 19.6. The molecule has 0 saturated heterocycles. The number of aromatic nitrogens is 5. The molecule has 6 rings (SSSR count). The van der Waals surface area contributed by atoms with Gasteiger partial charge in [-0.2, -0.15) is 0 Å². The molecule has 0 bridgehead atoms. The maximum absolute atomic E-state index is 15.0. The average Bonchev–Trinajstić information content (AvgIpc) is 3.25. The Labute approximate surface area is 237 Å². The van der Waals surface area contributed by atoms with Crippen molar-refractivity contribution in [2.45, 2.75) is 58.7 Å². The van der Waals surface area contributed by atoms with E-state index in [1.54, 1.807) is 12.1 Å². The van der Waals surface area contributed by atoms with E-state index in [0.29, 0.717) is 48.3 Å². The fourth-order valence-corrected chi connectivity index (χ4v) is 5.94. The highest BCUT2D eigenvalue weighted by atomic mass is 19.1. The highest BCUT2D eigenvalue weighted by Gasteiger charge is 2.38. The van der Waals surface area contributed by atoms with Gasteiger partial charge in [0.1, 0.15) is 22.9 Å². The van der Waals surface area contributed by atoms with Crippen LogP contribution in [0, 0.1) is 24.5 Å². The molecule has 1 aliphatic carbocycles. The summed E-state index contributed by atoms with van der Waals surface area (Å²) in [5.74, 6) is 0.485. The molecule has 11 heteroatoms. The lowest BCUT2D eigenvalue weighted by Gasteiger charge is -2.41. The summed E-state index contributed by atoms with van der Waals surface area (Å²) >= 11 is 0. The molecule has 0 radical (unpaired) electrons. The van der Waals surface area contributed by atoms with Gasteiger partial charge in [0.25, 0.3) is 0 Å². The van der Waals surface area contributed by atoms with Gasteiger partial charge >= 0.3 is 0 Å². The van der Waals surface area contributed by atoms with Gasteiger partial charge in [-0.25, -0.2) is 28.7 Å². The SMILES string of the molecule is Cc1nc2c(F)cc(-c3nc(Nc4ccc5c(n4)CCN(C(=O)C4CC(N(C)C)C4)C5)ncc3F)cc2n1C(C)C. The van der Waals surface area contributed by atoms with Crippen molar-refractivity contribution in [2.75, 3.05) is 26.0 Å². The summed E-state index contributed by atoms with van der Waals surface area (Å²) in [4.78, 5) is 34.7. The summed E-state index contributed by atoms with van der Waals surface area (Å²) in [6.07, 6.45) is 3.55. The summed E-state index contributed by atoms with van der Waals surface area (Å²) in [6.45, 7) is 6.97. The minimum Gasteiger partial charge on any atom is -0.338 e. The first-order valence-electron chi connectivity index (χ1n) is 14.0. The Balaban J connectivity index is 1.21. The molecule has 1 aliphatic heterocycles. The van der Waals surface area contributed by atoms with Gasteiger partial charge in [-0.15, -0.1) is 0 Å². The van der Waals surface area contributed by atoms with Crippen LogP contribution in [0.3, 0.4) is 0 Å². The van der Waals surface area contributed by atoms with Crippen molar-refractivity contribution in [2.24, 2.45) is 5.92 Å². The van der Waals surface area contributed by atoms with Crippen molar-refractivity contribution in [1.29, 1.82) is 0 Å². The summed E-state index contributed by atoms with van der Waals surface area (Å²) < 4.78 is 31.9. The molecule has 4 heterocycles. The molecule has 1 fully saturated rings. The van der Waals surface area contributed by atoms with Crippen LogP contribution in [-0.4, -0.2) is 66.9 Å². The van der Waals surface area contributed by atoms with Gasteiger partial charge in [-0.05, 0) is 71.5 Å². The van der Waals surface area contributed by atoms with E-state index in [4.69, 9.17) is 4.98 Å². The standard InChI is InChI=1S/C30H34F2N8O/c1-16(2)40-17(3)34-28-22(31)12-19(13-25(28)40)27-23(32)14-33-30(37-27)36-26-7-6-18-15-39(9-8-24(18)35-26)29(41)20-10-21(11-20)38(4)5/h6-7,12-14,16,20-21H,8-11,15H2,1-5H3,(H,33,35,36,37). The third-order valence-electron chi connectivity index (χ3n) is 8.25. The van der Waals surface area contributed by atoms with E-state index in [9.17, 15) is 9.18 Å². The number of halogens is 2. The molecule has 1 saturated carbocycles. The molecule has 41 heavy (non-hydrogen) atoms. The number of benzene rings is 1. The number of nitrogens with one attached hydrogen (secondary N) is 1. The van der Waals surface area contributed by atoms with Gasteiger partial charge in [0, 0.05) is 48.8 Å². The predicted molar refractivity (Wildman–Crippen MR) is 153 cm³/mol. The number of hydrogen-bond acceptors (Lipinski definition) is 7. The topological polar surface area (TPSA) is 92.1 Å². The molecule has 0 atom stereocenters. The van der Waals surface area contributed by atoms with Crippen LogP contribution >= 0.6 is 0 Å². The molecule has 9 nitrogen and oxygen atoms in total. The number of carbonyl (C=O) groups excluding carboxylic acids is 1. The van der Waals surface area contributed by atoms with Crippen molar-refractivity contribution in [1.82, 2.24) is 34.3 Å². The first kappa shape index (κ1) is 27.2. The Morgan fingerprint density at radius 2 is 1.88 bits per heavy atom. The number of rotatable bonds is 6. The summed E-state index contributed by atoms with van der Waals surface area (Å²) in [5, 5.41) is 3.07. The van der Waals surface area contributed by atoms with Crippen molar-refractivity contribution >= 4 is 28.7 Å². The Morgan fingerprint density at radius 1 is 1.10 bits per heavy atom. The number of pyridine rings is 1. The maximum Gasteiger partial charge on any atom is 0.229 e. The molecule has 3 aromatic heterocycles. The van der Waals surface area contributed by atoms with E-state index in [-0.39, 0.29) is 35.0 Å². The third kappa shape index (κ3) is 5.03. The van der Waals surface area contributed by atoms with Gasteiger partial charge in [-0.1, -0.05) is 6.07 Å². The van der Waals surface area contributed by atoms with Crippen LogP contribution in [0.25, 0.3) is 22.3 Å². The number of hydrogen-bond donors (Lipinski definition) is 1. The second kappa shape index (κ2) is 10.4. The molecular formula is C30H34F2N8O. The number of amides is 1. The van der Waals surface area contributed by atoms with Crippen molar-refractivity contribution in [3.63, 3.8) is 0 Å². The zero-order valence-corrected chi connectivity index (χ0v) is 23.9. The van der Waals surface area contributed by atoms with Gasteiger partial charge < -0.3 is 19.7 Å². The van der Waals surface area contributed by atoms with E-state index < -0.39 is 11.6 Å². The number of carbonyl (C=O) groups is 1. The largest absolute Gasteiger partial charge is 0.338 e. The Kier molecular flexibility index (Phi) is 6.93. The fraction of sp³-hybridized carbons (Fsp3) is 0.433. The molecule has 0 spiro atoms. The lowest BCUT2D eigenvalue weighted by atomic mass is 9.78. The van der Waals surface area contributed by atoms with Crippen molar-refractivity contribution in [3.05, 3.63) is 59.2 Å². The molecule has 1 amide bonds. The second-order valence-electron chi connectivity index (χ2n) is 11.6. The number of fused-ring (bicyclic) bond motifs is 2. The molecule has 2 aliphatic rings. The normalized spacial score (nSPS) is 18.6. The van der Waals surface area contributed by atoms with Crippen LogP contribution in [0.1, 0.15) is 49.8 Å². The van der Waals surface area contributed by atoms with E-state index in [1.165, 1.54) is 6.07 Å². The fourth-order valence-electron chi connectivity index (χ4n) is 5.94. The first-order valence-corrected chi connectivity index (χ1v) is 14.0. The zero-order valence-electron chi connectivity index (χ0n) is 23.9. The third-order valence-corrected chi connectivity index (χ3v) is 8.25.